The summed E-state index contributed by atoms with van der Waals surface area (Å²) in [6.45, 7) is 3.59. The number of carboxylic acids is 2. The lowest BCUT2D eigenvalue weighted by atomic mass is 9.98. The van der Waals surface area contributed by atoms with Gasteiger partial charge in [0, 0.05) is 41.8 Å². The van der Waals surface area contributed by atoms with Gasteiger partial charge < -0.3 is 41.9 Å². The number of hydrogen-bond acceptors (Lipinski definition) is 7. The molecule has 3 aromatic rings. The number of benzene rings is 1. The van der Waals surface area contributed by atoms with Crippen LogP contribution in [-0.4, -0.2) is 79.0 Å². The number of fused-ring (bicyclic) bond motifs is 1. The third-order valence-corrected chi connectivity index (χ3v) is 6.90. The number of nitrogens with one attached hydrogen (secondary N) is 5. The highest BCUT2D eigenvalue weighted by Gasteiger charge is 2.32. The van der Waals surface area contributed by atoms with E-state index in [1.54, 1.807) is 19.2 Å². The quantitative estimate of drug-likeness (QED) is 0.123. The summed E-state index contributed by atoms with van der Waals surface area (Å²) < 4.78 is 0. The lowest BCUT2D eigenvalue weighted by Gasteiger charge is -2.25. The molecule has 1 aromatic carbocycles. The van der Waals surface area contributed by atoms with Gasteiger partial charge in [-0.15, -0.1) is 0 Å². The second kappa shape index (κ2) is 14.1. The van der Waals surface area contributed by atoms with Gasteiger partial charge in [-0.3, -0.25) is 19.2 Å². The molecule has 9 N–H and O–H groups in total. The summed E-state index contributed by atoms with van der Waals surface area (Å²) in [5.41, 5.74) is 7.86. The smallest absolute Gasteiger partial charge is 0.326 e. The van der Waals surface area contributed by atoms with E-state index in [1.807, 2.05) is 25.1 Å². The van der Waals surface area contributed by atoms with E-state index >= 15 is 0 Å². The molecular formula is C27H35N7O7. The van der Waals surface area contributed by atoms with Gasteiger partial charge in [0.15, 0.2) is 0 Å². The number of rotatable bonds is 15. The molecule has 0 aliphatic heterocycles. The van der Waals surface area contributed by atoms with Crippen LogP contribution in [0.3, 0.4) is 0 Å². The summed E-state index contributed by atoms with van der Waals surface area (Å²) in [5, 5.41) is 27.2. The topological polar surface area (TPSA) is 232 Å². The number of H-pyrrole nitrogens is 2. The van der Waals surface area contributed by atoms with Crippen LogP contribution in [0, 0.1) is 5.92 Å². The summed E-state index contributed by atoms with van der Waals surface area (Å²) in [4.78, 5) is 72.6. The number of nitrogens with zero attached hydrogens (tertiary/aromatic N) is 1. The Morgan fingerprint density at radius 2 is 1.59 bits per heavy atom. The fourth-order valence-electron chi connectivity index (χ4n) is 4.25. The highest BCUT2D eigenvalue weighted by molar-refractivity contribution is 5.96. The van der Waals surface area contributed by atoms with Crippen LogP contribution in [0.2, 0.25) is 0 Å². The lowest BCUT2D eigenvalue weighted by molar-refractivity contribution is -0.143. The van der Waals surface area contributed by atoms with Gasteiger partial charge in [-0.2, -0.15) is 0 Å². The van der Waals surface area contributed by atoms with E-state index in [2.05, 4.69) is 30.9 Å². The maximum atomic E-state index is 13.4. The number of aromatic nitrogens is 3. The summed E-state index contributed by atoms with van der Waals surface area (Å²) in [5.74, 6) is -5.34. The minimum absolute atomic E-state index is 0.0574. The summed E-state index contributed by atoms with van der Waals surface area (Å²) in [7, 11) is 0. The zero-order valence-electron chi connectivity index (χ0n) is 22.7. The molecule has 0 saturated heterocycles. The van der Waals surface area contributed by atoms with E-state index < -0.39 is 60.2 Å². The molecule has 2 heterocycles. The molecule has 14 nitrogen and oxygen atoms in total. The van der Waals surface area contributed by atoms with E-state index in [0.717, 1.165) is 10.9 Å². The third-order valence-electron chi connectivity index (χ3n) is 6.90. The minimum atomic E-state index is -1.53. The van der Waals surface area contributed by atoms with Crippen molar-refractivity contribution >= 4 is 40.6 Å². The first-order valence-electron chi connectivity index (χ1n) is 13.1. The monoisotopic (exact) mass is 569 g/mol. The van der Waals surface area contributed by atoms with Crippen molar-refractivity contribution < 1.29 is 34.2 Å². The van der Waals surface area contributed by atoms with Crippen LogP contribution in [0.4, 0.5) is 0 Å². The van der Waals surface area contributed by atoms with E-state index in [1.165, 1.54) is 12.5 Å². The van der Waals surface area contributed by atoms with Crippen LogP contribution in [-0.2, 0) is 36.8 Å². The van der Waals surface area contributed by atoms with Crippen LogP contribution >= 0.6 is 0 Å². The average molecular weight is 570 g/mol. The van der Waals surface area contributed by atoms with Crippen LogP contribution in [0.25, 0.3) is 10.9 Å². The van der Waals surface area contributed by atoms with Gasteiger partial charge in [0.05, 0.1) is 18.8 Å². The Morgan fingerprint density at radius 3 is 2.22 bits per heavy atom. The second-order valence-corrected chi connectivity index (χ2v) is 9.88. The molecule has 0 saturated carbocycles. The summed E-state index contributed by atoms with van der Waals surface area (Å²) in [6.07, 6.45) is 4.14. The molecule has 0 radical (unpaired) electrons. The Hall–Kier alpha value is -4.72. The van der Waals surface area contributed by atoms with Crippen LogP contribution in [0.1, 0.15) is 37.9 Å². The maximum Gasteiger partial charge on any atom is 0.326 e. The number of para-hydroxylation sites is 1. The lowest BCUT2D eigenvalue weighted by Crippen LogP contribution is -2.58. The van der Waals surface area contributed by atoms with Crippen molar-refractivity contribution in [2.24, 2.45) is 11.7 Å². The van der Waals surface area contributed by atoms with Crippen LogP contribution in [0.5, 0.6) is 0 Å². The third kappa shape index (κ3) is 8.38. The molecule has 5 unspecified atom stereocenters. The number of aliphatic carboxylic acids is 2. The predicted octanol–water partition coefficient (Wildman–Crippen LogP) is 0.0633. The normalized spacial score (nSPS) is 14.8. The second-order valence-electron chi connectivity index (χ2n) is 9.88. The zero-order chi connectivity index (χ0) is 30.1. The molecule has 5 atom stereocenters. The van der Waals surface area contributed by atoms with E-state index in [-0.39, 0.29) is 18.8 Å². The van der Waals surface area contributed by atoms with Crippen molar-refractivity contribution in [3.8, 4) is 0 Å². The number of carboxylic acid groups (broad SMARTS) is 2. The minimum Gasteiger partial charge on any atom is -0.481 e. The van der Waals surface area contributed by atoms with E-state index in [4.69, 9.17) is 5.73 Å². The molecule has 0 aliphatic rings. The standard InChI is InChI=1S/C27H35N7O7/c1-3-14(2)23(28)26(39)33-20(10-22(35)36)25(38)32-19(8-15-11-30-18-7-5-4-6-17(15)18)24(37)34-21(27(40)41)9-16-12-29-13-31-16/h4-7,11-14,19-21,23,30H,3,8-10,28H2,1-2H3,(H,29,31)(H,32,38)(H,33,39)(H,34,37)(H,35,36)(H,40,41). The Morgan fingerprint density at radius 1 is 0.927 bits per heavy atom. The van der Waals surface area contributed by atoms with Gasteiger partial charge in [-0.25, -0.2) is 9.78 Å². The number of hydrogen-bond donors (Lipinski definition) is 8. The molecule has 2 aromatic heterocycles. The van der Waals surface area contributed by atoms with E-state index in [0.29, 0.717) is 17.7 Å². The highest BCUT2D eigenvalue weighted by atomic mass is 16.4. The largest absolute Gasteiger partial charge is 0.481 e. The Kier molecular flexibility index (Phi) is 10.6. The number of carbonyl (C=O) groups excluding carboxylic acids is 3. The number of imidazole rings is 1. The van der Waals surface area contributed by atoms with Gasteiger partial charge in [-0.05, 0) is 17.5 Å². The SMILES string of the molecule is CCC(C)C(N)C(=O)NC(CC(=O)O)C(=O)NC(Cc1c[nH]c2ccccc12)C(=O)NC(Cc1cnc[nH]1)C(=O)O. The number of amides is 3. The predicted molar refractivity (Wildman–Crippen MR) is 147 cm³/mol. The van der Waals surface area contributed by atoms with Crippen molar-refractivity contribution in [2.75, 3.05) is 0 Å². The van der Waals surface area contributed by atoms with Crippen LogP contribution in [0.15, 0.2) is 43.0 Å². The fourth-order valence-corrected chi connectivity index (χ4v) is 4.25. The number of aromatic amines is 2. The Labute approximate surface area is 235 Å². The Balaban J connectivity index is 1.86. The first-order valence-corrected chi connectivity index (χ1v) is 13.1. The van der Waals surface area contributed by atoms with Crippen molar-refractivity contribution in [3.63, 3.8) is 0 Å². The molecule has 14 heteroatoms. The molecule has 41 heavy (non-hydrogen) atoms. The van der Waals surface area contributed by atoms with Crippen molar-refractivity contribution in [3.05, 3.63) is 54.2 Å². The van der Waals surface area contributed by atoms with Gasteiger partial charge in [0.1, 0.15) is 18.1 Å². The molecule has 3 amide bonds. The highest BCUT2D eigenvalue weighted by Crippen LogP contribution is 2.19. The first-order chi connectivity index (χ1) is 19.5. The maximum absolute atomic E-state index is 13.4. The first kappa shape index (κ1) is 30.8. The molecule has 3 rings (SSSR count). The molecule has 0 spiro atoms. The van der Waals surface area contributed by atoms with Crippen LogP contribution < -0.4 is 21.7 Å². The molecule has 0 bridgehead atoms. The number of carbonyl (C=O) groups is 5. The molecule has 0 fully saturated rings. The average Bonchev–Trinajstić information content (AvgIpc) is 3.60. The Bertz CT molecular complexity index is 1370. The molecule has 0 aliphatic carbocycles. The van der Waals surface area contributed by atoms with Crippen molar-refractivity contribution in [1.29, 1.82) is 0 Å². The van der Waals surface area contributed by atoms with Gasteiger partial charge in [0.25, 0.3) is 0 Å². The van der Waals surface area contributed by atoms with Crippen molar-refractivity contribution in [1.82, 2.24) is 30.9 Å². The zero-order valence-corrected chi connectivity index (χ0v) is 22.7. The van der Waals surface area contributed by atoms with Gasteiger partial charge >= 0.3 is 11.9 Å². The fraction of sp³-hybridized carbons (Fsp3) is 0.407. The van der Waals surface area contributed by atoms with Gasteiger partial charge in [-0.1, -0.05) is 38.5 Å². The summed E-state index contributed by atoms with van der Waals surface area (Å²) in [6, 6.07) is 2.09. The molecule has 220 valence electrons. The van der Waals surface area contributed by atoms with Crippen molar-refractivity contribution in [2.45, 2.75) is 63.7 Å². The molecular weight excluding hydrogens is 534 g/mol. The van der Waals surface area contributed by atoms with Gasteiger partial charge in [0.2, 0.25) is 17.7 Å². The van der Waals surface area contributed by atoms with E-state index in [9.17, 15) is 34.2 Å². The number of nitrogens with two attached hydrogens (primary N) is 1. The summed E-state index contributed by atoms with van der Waals surface area (Å²) >= 11 is 0.